The summed E-state index contributed by atoms with van der Waals surface area (Å²) in [6.07, 6.45) is 0.270. The van der Waals surface area contributed by atoms with E-state index >= 15 is 0 Å². The van der Waals surface area contributed by atoms with Crippen LogP contribution in [0.2, 0.25) is 0 Å². The second-order valence-electron chi connectivity index (χ2n) is 3.90. The second-order valence-corrected chi connectivity index (χ2v) is 4.93. The highest BCUT2D eigenvalue weighted by atomic mass is 35.5. The molecular formula is C13H20ClNO3S. The van der Waals surface area contributed by atoms with E-state index in [1.54, 1.807) is 18.9 Å². The van der Waals surface area contributed by atoms with Crippen molar-refractivity contribution in [2.45, 2.75) is 18.2 Å². The molecule has 0 aromatic heterocycles. The van der Waals surface area contributed by atoms with Crippen molar-refractivity contribution in [2.75, 3.05) is 20.0 Å². The number of nitrogens with two attached hydrogens (primary N) is 1. The molecule has 1 unspecified atom stereocenters. The third-order valence-corrected chi connectivity index (χ3v) is 3.62. The Morgan fingerprint density at radius 3 is 2.47 bits per heavy atom. The van der Waals surface area contributed by atoms with Gasteiger partial charge in [0.25, 0.3) is 0 Å². The zero-order valence-electron chi connectivity index (χ0n) is 11.1. The fourth-order valence-corrected chi connectivity index (χ4v) is 2.37. The lowest BCUT2D eigenvalue weighted by atomic mass is 10.2. The van der Waals surface area contributed by atoms with E-state index in [-0.39, 0.29) is 30.8 Å². The highest BCUT2D eigenvalue weighted by Crippen LogP contribution is 2.17. The number of methoxy groups -OCH3 is 2. The van der Waals surface area contributed by atoms with Gasteiger partial charge >= 0.3 is 5.97 Å². The SMILES string of the molecule is COC(=O)CC(N)CSCc1ccc(OC)cc1.Cl. The van der Waals surface area contributed by atoms with Crippen LogP contribution in [-0.4, -0.2) is 32.0 Å². The molecule has 1 aromatic rings. The Balaban J connectivity index is 0.00000324. The molecule has 0 saturated carbocycles. The third-order valence-electron chi connectivity index (χ3n) is 2.42. The third kappa shape index (κ3) is 7.30. The number of hydrogen-bond acceptors (Lipinski definition) is 5. The van der Waals surface area contributed by atoms with Crippen molar-refractivity contribution in [1.29, 1.82) is 0 Å². The van der Waals surface area contributed by atoms with Gasteiger partial charge < -0.3 is 15.2 Å². The lowest BCUT2D eigenvalue weighted by Gasteiger charge is -2.09. The molecule has 0 amide bonds. The summed E-state index contributed by atoms with van der Waals surface area (Å²) in [6, 6.07) is 7.77. The summed E-state index contributed by atoms with van der Waals surface area (Å²) in [5, 5.41) is 0. The summed E-state index contributed by atoms with van der Waals surface area (Å²) >= 11 is 1.71. The van der Waals surface area contributed by atoms with Gasteiger partial charge in [0.2, 0.25) is 0 Å². The average Bonchev–Trinajstić information content (AvgIpc) is 2.39. The number of thioether (sulfide) groups is 1. The second kappa shape index (κ2) is 9.95. The Bertz CT molecular complexity index is 373. The summed E-state index contributed by atoms with van der Waals surface area (Å²) in [7, 11) is 3.02. The lowest BCUT2D eigenvalue weighted by molar-refractivity contribution is -0.140. The largest absolute Gasteiger partial charge is 0.497 e. The quantitative estimate of drug-likeness (QED) is 0.783. The first-order valence-corrected chi connectivity index (χ1v) is 6.84. The number of benzene rings is 1. The maximum Gasteiger partial charge on any atom is 0.307 e. The Morgan fingerprint density at radius 1 is 1.32 bits per heavy atom. The number of carbonyl (C=O) groups excluding carboxylic acids is 1. The van der Waals surface area contributed by atoms with Gasteiger partial charge in [-0.1, -0.05) is 12.1 Å². The highest BCUT2D eigenvalue weighted by molar-refractivity contribution is 7.98. The summed E-state index contributed by atoms with van der Waals surface area (Å²) in [5.41, 5.74) is 7.03. The number of ether oxygens (including phenoxy) is 2. The first-order chi connectivity index (χ1) is 8.65. The highest BCUT2D eigenvalue weighted by Gasteiger charge is 2.09. The van der Waals surface area contributed by atoms with Crippen molar-refractivity contribution in [2.24, 2.45) is 5.73 Å². The molecule has 0 radical (unpaired) electrons. The van der Waals surface area contributed by atoms with Crippen LogP contribution in [0.15, 0.2) is 24.3 Å². The van der Waals surface area contributed by atoms with Crippen LogP contribution >= 0.6 is 24.2 Å². The molecule has 0 saturated heterocycles. The van der Waals surface area contributed by atoms with E-state index in [1.165, 1.54) is 12.7 Å². The fourth-order valence-electron chi connectivity index (χ4n) is 1.41. The van der Waals surface area contributed by atoms with Crippen LogP contribution < -0.4 is 10.5 Å². The topological polar surface area (TPSA) is 61.5 Å². The maximum absolute atomic E-state index is 11.0. The summed E-state index contributed by atoms with van der Waals surface area (Å²) < 4.78 is 9.66. The molecule has 0 bridgehead atoms. The number of hydrogen-bond donors (Lipinski definition) is 1. The minimum absolute atomic E-state index is 0. The van der Waals surface area contributed by atoms with Gasteiger partial charge in [0.05, 0.1) is 20.6 Å². The van der Waals surface area contributed by atoms with E-state index in [0.717, 1.165) is 17.3 Å². The molecule has 1 rings (SSSR count). The Hall–Kier alpha value is -0.910. The molecule has 2 N–H and O–H groups in total. The number of rotatable bonds is 7. The lowest BCUT2D eigenvalue weighted by Crippen LogP contribution is -2.26. The van der Waals surface area contributed by atoms with Crippen molar-refractivity contribution in [3.63, 3.8) is 0 Å². The first-order valence-electron chi connectivity index (χ1n) is 5.68. The van der Waals surface area contributed by atoms with Crippen LogP contribution in [-0.2, 0) is 15.3 Å². The van der Waals surface area contributed by atoms with Crippen LogP contribution in [0.4, 0.5) is 0 Å². The van der Waals surface area contributed by atoms with Gasteiger partial charge in [0.15, 0.2) is 0 Å². The zero-order valence-corrected chi connectivity index (χ0v) is 12.8. The van der Waals surface area contributed by atoms with Gasteiger partial charge in [-0.3, -0.25) is 4.79 Å². The molecule has 4 nitrogen and oxygen atoms in total. The van der Waals surface area contributed by atoms with Crippen molar-refractivity contribution in [3.05, 3.63) is 29.8 Å². The molecule has 0 aliphatic carbocycles. The molecule has 0 aliphatic heterocycles. The Morgan fingerprint density at radius 2 is 1.95 bits per heavy atom. The predicted octanol–water partition coefficient (Wildman–Crippen LogP) is 2.24. The maximum atomic E-state index is 11.0. The van der Waals surface area contributed by atoms with Crippen molar-refractivity contribution < 1.29 is 14.3 Å². The van der Waals surface area contributed by atoms with Gasteiger partial charge in [-0.15, -0.1) is 12.4 Å². The van der Waals surface area contributed by atoms with Gasteiger partial charge in [-0.2, -0.15) is 11.8 Å². The smallest absolute Gasteiger partial charge is 0.307 e. The summed E-state index contributed by atoms with van der Waals surface area (Å²) in [5.74, 6) is 2.21. The van der Waals surface area contributed by atoms with Gasteiger partial charge in [0.1, 0.15) is 5.75 Å². The zero-order chi connectivity index (χ0) is 13.4. The van der Waals surface area contributed by atoms with Gasteiger partial charge in [-0.25, -0.2) is 0 Å². The van der Waals surface area contributed by atoms with E-state index in [0.29, 0.717) is 0 Å². The fraction of sp³-hybridized carbons (Fsp3) is 0.462. The normalized spacial score (nSPS) is 11.3. The minimum atomic E-state index is -0.257. The summed E-state index contributed by atoms with van der Waals surface area (Å²) in [4.78, 5) is 11.0. The van der Waals surface area contributed by atoms with Crippen LogP contribution in [0.1, 0.15) is 12.0 Å². The van der Waals surface area contributed by atoms with E-state index < -0.39 is 0 Å². The van der Waals surface area contributed by atoms with Crippen LogP contribution in [0, 0.1) is 0 Å². The molecule has 1 atom stereocenters. The minimum Gasteiger partial charge on any atom is -0.497 e. The molecule has 19 heavy (non-hydrogen) atoms. The Kier molecular flexibility index (Phi) is 9.47. The van der Waals surface area contributed by atoms with Crippen molar-refractivity contribution in [1.82, 2.24) is 0 Å². The summed E-state index contributed by atoms with van der Waals surface area (Å²) in [6.45, 7) is 0. The van der Waals surface area contributed by atoms with Crippen LogP contribution in [0.5, 0.6) is 5.75 Å². The predicted molar refractivity (Wildman–Crippen MR) is 81.0 cm³/mol. The van der Waals surface area contributed by atoms with E-state index in [1.807, 2.05) is 24.3 Å². The molecule has 0 heterocycles. The molecule has 0 aliphatic rings. The molecule has 0 spiro atoms. The van der Waals surface area contributed by atoms with Crippen molar-refractivity contribution >= 4 is 30.1 Å². The number of esters is 1. The standard InChI is InChI=1S/C13H19NO3S.ClH/c1-16-12-5-3-10(4-6-12)8-18-9-11(14)7-13(15)17-2;/h3-6,11H,7-9,14H2,1-2H3;1H. The van der Waals surface area contributed by atoms with Gasteiger partial charge in [0, 0.05) is 17.5 Å². The Labute approximate surface area is 124 Å². The van der Waals surface area contributed by atoms with Gasteiger partial charge in [-0.05, 0) is 17.7 Å². The number of halogens is 1. The monoisotopic (exact) mass is 305 g/mol. The van der Waals surface area contributed by atoms with Crippen LogP contribution in [0.3, 0.4) is 0 Å². The van der Waals surface area contributed by atoms with Crippen LogP contribution in [0.25, 0.3) is 0 Å². The van der Waals surface area contributed by atoms with E-state index in [4.69, 9.17) is 10.5 Å². The van der Waals surface area contributed by atoms with E-state index in [2.05, 4.69) is 4.74 Å². The molecule has 6 heteroatoms. The van der Waals surface area contributed by atoms with E-state index in [9.17, 15) is 4.79 Å². The number of carbonyl (C=O) groups is 1. The van der Waals surface area contributed by atoms with Crippen molar-refractivity contribution in [3.8, 4) is 5.75 Å². The first kappa shape index (κ1) is 18.1. The average molecular weight is 306 g/mol. The molecular weight excluding hydrogens is 286 g/mol. The molecule has 0 fully saturated rings. The molecule has 1 aromatic carbocycles. The molecule has 108 valence electrons.